The lowest BCUT2D eigenvalue weighted by molar-refractivity contribution is 0.0950. The van der Waals surface area contributed by atoms with E-state index in [0.717, 1.165) is 37.6 Å². The zero-order chi connectivity index (χ0) is 15.0. The molecular weight excluding hydrogens is 252 g/mol. The minimum absolute atomic E-state index is 0.0363. The Morgan fingerprint density at radius 1 is 1.30 bits per heavy atom. The van der Waals surface area contributed by atoms with Crippen LogP contribution in [-0.4, -0.2) is 49.0 Å². The summed E-state index contributed by atoms with van der Waals surface area (Å²) in [5.41, 5.74) is 1.60. The summed E-state index contributed by atoms with van der Waals surface area (Å²) in [6, 6.07) is 3.67. The molecule has 0 saturated carbocycles. The Labute approximate surface area is 121 Å². The zero-order valence-electron chi connectivity index (χ0n) is 13.0. The normalized spacial score (nSPS) is 10.7. The van der Waals surface area contributed by atoms with Crippen LogP contribution >= 0.6 is 0 Å². The molecule has 0 unspecified atom stereocenters. The summed E-state index contributed by atoms with van der Waals surface area (Å²) in [6.07, 6.45) is 0.818. The Morgan fingerprint density at radius 2 is 2.05 bits per heavy atom. The quantitative estimate of drug-likeness (QED) is 0.761. The number of aromatic nitrogens is 1. The van der Waals surface area contributed by atoms with E-state index in [1.807, 2.05) is 33.0 Å². The van der Waals surface area contributed by atoms with Gasteiger partial charge in [-0.25, -0.2) is 4.98 Å². The van der Waals surface area contributed by atoms with Crippen LogP contribution in [0.1, 0.15) is 36.8 Å². The number of nitrogens with zero attached hydrogens (tertiary/aromatic N) is 2. The number of carbonyl (C=O) groups is 1. The largest absolute Gasteiger partial charge is 0.370 e. The summed E-state index contributed by atoms with van der Waals surface area (Å²) < 4.78 is 0. The second-order valence-electron chi connectivity index (χ2n) is 4.77. The van der Waals surface area contributed by atoms with Gasteiger partial charge in [0.1, 0.15) is 5.82 Å². The van der Waals surface area contributed by atoms with Crippen LogP contribution in [0.25, 0.3) is 0 Å². The lowest BCUT2D eigenvalue weighted by atomic mass is 10.2. The van der Waals surface area contributed by atoms with E-state index in [4.69, 9.17) is 0 Å². The van der Waals surface area contributed by atoms with Gasteiger partial charge in [-0.3, -0.25) is 4.79 Å². The highest BCUT2D eigenvalue weighted by Gasteiger charge is 2.09. The number of likely N-dealkylation sites (N-methyl/N-ethyl adjacent to an activating group) is 1. The number of hydrogen-bond donors (Lipinski definition) is 2. The van der Waals surface area contributed by atoms with E-state index in [9.17, 15) is 4.79 Å². The maximum absolute atomic E-state index is 12.2. The molecule has 5 heteroatoms. The maximum atomic E-state index is 12.2. The van der Waals surface area contributed by atoms with E-state index in [0.29, 0.717) is 12.1 Å². The van der Waals surface area contributed by atoms with Crippen LogP contribution in [-0.2, 0) is 6.42 Å². The van der Waals surface area contributed by atoms with E-state index < -0.39 is 0 Å². The smallest absolute Gasteiger partial charge is 0.251 e. The molecule has 2 N–H and O–H groups in total. The molecule has 1 rings (SSSR count). The molecule has 1 amide bonds. The van der Waals surface area contributed by atoms with Gasteiger partial charge in [0.2, 0.25) is 0 Å². The second-order valence-corrected chi connectivity index (χ2v) is 4.77. The SMILES string of the molecule is CCNc1cc(C(=O)NCCN(C)CC)cc(CC)n1. The summed E-state index contributed by atoms with van der Waals surface area (Å²) in [7, 11) is 2.04. The number of rotatable bonds is 8. The van der Waals surface area contributed by atoms with Crippen molar-refractivity contribution in [1.82, 2.24) is 15.2 Å². The number of aryl methyl sites for hydroxylation is 1. The number of pyridine rings is 1. The Bertz CT molecular complexity index is 434. The lowest BCUT2D eigenvalue weighted by Gasteiger charge is -2.14. The topological polar surface area (TPSA) is 57.3 Å². The predicted molar refractivity (Wildman–Crippen MR) is 83.3 cm³/mol. The third-order valence-electron chi connectivity index (χ3n) is 3.18. The van der Waals surface area contributed by atoms with Gasteiger partial charge >= 0.3 is 0 Å². The van der Waals surface area contributed by atoms with Crippen LogP contribution in [0, 0.1) is 0 Å². The second kappa shape index (κ2) is 8.53. The molecule has 1 aromatic rings. The van der Waals surface area contributed by atoms with Crippen LogP contribution in [0.15, 0.2) is 12.1 Å². The van der Waals surface area contributed by atoms with Crippen molar-refractivity contribution >= 4 is 11.7 Å². The third-order valence-corrected chi connectivity index (χ3v) is 3.18. The van der Waals surface area contributed by atoms with Crippen LogP contribution in [0.4, 0.5) is 5.82 Å². The van der Waals surface area contributed by atoms with E-state index in [2.05, 4.69) is 27.4 Å². The fourth-order valence-electron chi connectivity index (χ4n) is 1.79. The molecular formula is C15H26N4O. The number of hydrogen-bond acceptors (Lipinski definition) is 4. The monoisotopic (exact) mass is 278 g/mol. The Kier molecular flexibility index (Phi) is 7.01. The van der Waals surface area contributed by atoms with E-state index in [1.54, 1.807) is 0 Å². The first-order chi connectivity index (χ1) is 9.60. The lowest BCUT2D eigenvalue weighted by Crippen LogP contribution is -2.33. The number of carbonyl (C=O) groups excluding carboxylic acids is 1. The van der Waals surface area contributed by atoms with Gasteiger partial charge in [0.15, 0.2) is 0 Å². The van der Waals surface area contributed by atoms with Crippen molar-refractivity contribution in [3.63, 3.8) is 0 Å². The molecule has 5 nitrogen and oxygen atoms in total. The fourth-order valence-corrected chi connectivity index (χ4v) is 1.79. The van der Waals surface area contributed by atoms with Gasteiger partial charge in [0.05, 0.1) is 0 Å². The van der Waals surface area contributed by atoms with Crippen molar-refractivity contribution in [2.75, 3.05) is 38.5 Å². The minimum atomic E-state index is -0.0363. The molecule has 20 heavy (non-hydrogen) atoms. The van der Waals surface area contributed by atoms with Gasteiger partial charge in [-0.05, 0) is 39.1 Å². The fraction of sp³-hybridized carbons (Fsp3) is 0.600. The van der Waals surface area contributed by atoms with Crippen LogP contribution in [0.2, 0.25) is 0 Å². The summed E-state index contributed by atoms with van der Waals surface area (Å²) >= 11 is 0. The van der Waals surface area contributed by atoms with Gasteiger partial charge in [-0.2, -0.15) is 0 Å². The maximum Gasteiger partial charge on any atom is 0.251 e. The Hall–Kier alpha value is -1.62. The molecule has 0 aliphatic heterocycles. The molecule has 0 aliphatic carbocycles. The van der Waals surface area contributed by atoms with Crippen LogP contribution in [0.3, 0.4) is 0 Å². The molecule has 1 aromatic heterocycles. The van der Waals surface area contributed by atoms with E-state index >= 15 is 0 Å². The highest BCUT2D eigenvalue weighted by molar-refractivity contribution is 5.95. The van der Waals surface area contributed by atoms with Crippen molar-refractivity contribution in [3.8, 4) is 0 Å². The first kappa shape index (κ1) is 16.4. The minimum Gasteiger partial charge on any atom is -0.370 e. The molecule has 0 radical (unpaired) electrons. The Balaban J connectivity index is 2.68. The highest BCUT2D eigenvalue weighted by Crippen LogP contribution is 2.11. The first-order valence-electron chi connectivity index (χ1n) is 7.32. The molecule has 0 atom stereocenters. The number of nitrogens with one attached hydrogen (secondary N) is 2. The van der Waals surface area contributed by atoms with Crippen molar-refractivity contribution in [1.29, 1.82) is 0 Å². The van der Waals surface area contributed by atoms with Gasteiger partial charge < -0.3 is 15.5 Å². The summed E-state index contributed by atoms with van der Waals surface area (Å²) in [5, 5.41) is 6.11. The standard InChI is InChI=1S/C15H26N4O/c1-5-13-10-12(11-14(18-13)16-6-2)15(20)17-8-9-19(4)7-3/h10-11H,5-9H2,1-4H3,(H,16,18)(H,17,20). The van der Waals surface area contributed by atoms with E-state index in [1.165, 1.54) is 0 Å². The number of amides is 1. The Morgan fingerprint density at radius 3 is 2.65 bits per heavy atom. The van der Waals surface area contributed by atoms with Crippen LogP contribution < -0.4 is 10.6 Å². The summed E-state index contributed by atoms with van der Waals surface area (Å²) in [5.74, 6) is 0.730. The first-order valence-corrected chi connectivity index (χ1v) is 7.32. The zero-order valence-corrected chi connectivity index (χ0v) is 13.0. The molecule has 0 aliphatic rings. The predicted octanol–water partition coefficient (Wildman–Crippen LogP) is 1.76. The molecule has 0 bridgehead atoms. The molecule has 1 heterocycles. The van der Waals surface area contributed by atoms with Gasteiger partial charge in [-0.1, -0.05) is 13.8 Å². The van der Waals surface area contributed by atoms with Crippen LogP contribution in [0.5, 0.6) is 0 Å². The van der Waals surface area contributed by atoms with Crippen molar-refractivity contribution in [2.24, 2.45) is 0 Å². The summed E-state index contributed by atoms with van der Waals surface area (Å²) in [6.45, 7) is 9.44. The van der Waals surface area contributed by atoms with Crippen molar-refractivity contribution in [3.05, 3.63) is 23.4 Å². The van der Waals surface area contributed by atoms with Crippen molar-refractivity contribution in [2.45, 2.75) is 27.2 Å². The molecule has 112 valence electrons. The van der Waals surface area contributed by atoms with Crippen molar-refractivity contribution < 1.29 is 4.79 Å². The molecule has 0 spiro atoms. The molecule has 0 fully saturated rings. The van der Waals surface area contributed by atoms with E-state index in [-0.39, 0.29) is 5.91 Å². The average Bonchev–Trinajstić information content (AvgIpc) is 2.46. The van der Waals surface area contributed by atoms with Gasteiger partial charge in [0, 0.05) is 30.9 Å². The number of anilines is 1. The average molecular weight is 278 g/mol. The van der Waals surface area contributed by atoms with Gasteiger partial charge in [-0.15, -0.1) is 0 Å². The molecule has 0 aromatic carbocycles. The highest BCUT2D eigenvalue weighted by atomic mass is 16.1. The summed E-state index contributed by atoms with van der Waals surface area (Å²) in [4.78, 5) is 18.8. The third kappa shape index (κ3) is 5.17. The van der Waals surface area contributed by atoms with Gasteiger partial charge in [0.25, 0.3) is 5.91 Å². The molecule has 0 saturated heterocycles.